The molecule has 0 bridgehead atoms. The molecule has 44 heavy (non-hydrogen) atoms. The number of benzene rings is 2. The highest BCUT2D eigenvalue weighted by Gasteiger charge is 2.55. The zero-order valence-electron chi connectivity index (χ0n) is 22.8. The molecule has 0 fully saturated rings. The summed E-state index contributed by atoms with van der Waals surface area (Å²) < 4.78 is 128. The molecule has 0 saturated carbocycles. The Hall–Kier alpha value is -4.36. The Morgan fingerprint density at radius 3 is 2.30 bits per heavy atom. The minimum atomic E-state index is -4.03. The number of alkyl halides is 6. The number of rotatable bonds is 8. The molecule has 2 aromatic heterocycles. The summed E-state index contributed by atoms with van der Waals surface area (Å²) in [7, 11) is 0. The van der Waals surface area contributed by atoms with E-state index in [1.54, 1.807) is 12.1 Å². The molecule has 1 amide bonds. The van der Waals surface area contributed by atoms with Gasteiger partial charge in [-0.15, -0.1) is 0 Å². The van der Waals surface area contributed by atoms with E-state index in [2.05, 4.69) is 15.4 Å². The van der Waals surface area contributed by atoms with Gasteiger partial charge in [0.25, 0.3) is 18.3 Å². The van der Waals surface area contributed by atoms with Crippen LogP contribution in [0.15, 0.2) is 54.7 Å². The summed E-state index contributed by atoms with van der Waals surface area (Å²) in [5.74, 6) is -11.5. The number of aryl methyl sites for hydroxylation is 1. The van der Waals surface area contributed by atoms with Gasteiger partial charge >= 0.3 is 0 Å². The number of pyridine rings is 1. The largest absolute Gasteiger partial charge is 0.346 e. The fourth-order valence-corrected chi connectivity index (χ4v) is 5.35. The third kappa shape index (κ3) is 6.15. The average Bonchev–Trinajstić information content (AvgIpc) is 3.34. The molecular weight excluding hydrogens is 603 g/mol. The van der Waals surface area contributed by atoms with Crippen molar-refractivity contribution in [1.29, 1.82) is 0 Å². The quantitative estimate of drug-likeness (QED) is 0.204. The van der Waals surface area contributed by atoms with Crippen LogP contribution in [-0.4, -0.2) is 20.7 Å². The van der Waals surface area contributed by atoms with Crippen molar-refractivity contribution in [3.8, 4) is 11.1 Å². The highest BCUT2D eigenvalue weighted by Crippen LogP contribution is 2.52. The third-order valence-electron chi connectivity index (χ3n) is 7.28. The highest BCUT2D eigenvalue weighted by molar-refractivity contribution is 5.77. The number of hydrogen-bond acceptors (Lipinski definition) is 3. The van der Waals surface area contributed by atoms with E-state index in [1.807, 2.05) is 0 Å². The van der Waals surface area contributed by atoms with E-state index in [4.69, 9.17) is 0 Å². The van der Waals surface area contributed by atoms with Crippen molar-refractivity contribution >= 4 is 5.91 Å². The van der Waals surface area contributed by atoms with Crippen LogP contribution in [0, 0.1) is 24.4 Å². The number of aromatic nitrogens is 3. The molecule has 0 aliphatic heterocycles. The van der Waals surface area contributed by atoms with E-state index in [9.17, 15) is 44.3 Å². The summed E-state index contributed by atoms with van der Waals surface area (Å²) in [5.41, 5.74) is -3.35. The SMILES string of the molecule is Cc1cc(-c2cccnc2C(Cc2cc(F)cc(F)c2)NC(=O)Cn2nc(C(F)F)c3c2C(F)(F)CCC3(F)F)ccc1F. The smallest absolute Gasteiger partial charge is 0.290 e. The Bertz CT molecular complexity index is 1700. The average molecular weight is 627 g/mol. The number of nitrogens with zero attached hydrogens (tertiary/aromatic N) is 3. The first-order valence-corrected chi connectivity index (χ1v) is 13.3. The van der Waals surface area contributed by atoms with Gasteiger partial charge in [0.15, 0.2) is 0 Å². The molecule has 0 spiro atoms. The maximum Gasteiger partial charge on any atom is 0.290 e. The molecule has 4 aromatic rings. The third-order valence-corrected chi connectivity index (χ3v) is 7.28. The van der Waals surface area contributed by atoms with Crippen molar-refractivity contribution in [3.63, 3.8) is 0 Å². The minimum absolute atomic E-state index is 0.0577. The van der Waals surface area contributed by atoms with Gasteiger partial charge in [-0.25, -0.2) is 30.7 Å². The second-order valence-corrected chi connectivity index (χ2v) is 10.5. The fraction of sp³-hybridized carbons (Fsp3) is 0.300. The number of nitrogens with one attached hydrogen (secondary N) is 1. The molecule has 0 saturated heterocycles. The maximum atomic E-state index is 14.8. The van der Waals surface area contributed by atoms with Gasteiger partial charge < -0.3 is 5.32 Å². The summed E-state index contributed by atoms with van der Waals surface area (Å²) in [6.45, 7) is 0.355. The predicted octanol–water partition coefficient (Wildman–Crippen LogP) is 7.69. The molecule has 0 radical (unpaired) electrons. The second-order valence-electron chi connectivity index (χ2n) is 10.5. The Labute approximate surface area is 244 Å². The first kappa shape index (κ1) is 31.1. The van der Waals surface area contributed by atoms with Crippen molar-refractivity contribution in [1.82, 2.24) is 20.1 Å². The van der Waals surface area contributed by atoms with Gasteiger partial charge in [0.05, 0.1) is 17.3 Å². The number of hydrogen-bond donors (Lipinski definition) is 1. The second kappa shape index (κ2) is 11.6. The van der Waals surface area contributed by atoms with Crippen LogP contribution in [0.1, 0.15) is 59.1 Å². The molecule has 5 rings (SSSR count). The van der Waals surface area contributed by atoms with Crippen molar-refractivity contribution in [3.05, 3.63) is 106 Å². The number of carbonyl (C=O) groups is 1. The number of carbonyl (C=O) groups excluding carboxylic acids is 1. The molecular formula is C30H23F9N4O. The lowest BCUT2D eigenvalue weighted by atomic mass is 9.89. The predicted molar refractivity (Wildman–Crippen MR) is 140 cm³/mol. The standard InChI is InChI=1S/C30H23F9N4O/c1-15-9-17(4-5-21(15)33)20-3-2-8-40-25(20)22(12-16-10-18(31)13-19(32)11-16)41-23(44)14-43-27-24(26(42-43)28(34)35)29(36,37)6-7-30(27,38)39/h2-5,8-11,13,22,28H,6-7,12,14H2,1H3,(H,41,44). The molecule has 2 aromatic carbocycles. The first-order valence-electron chi connectivity index (χ1n) is 13.3. The van der Waals surface area contributed by atoms with E-state index in [0.29, 0.717) is 17.2 Å². The van der Waals surface area contributed by atoms with Crippen LogP contribution >= 0.6 is 0 Å². The highest BCUT2D eigenvalue weighted by atomic mass is 19.3. The summed E-state index contributed by atoms with van der Waals surface area (Å²) in [6, 6.07) is 8.67. The number of amides is 1. The van der Waals surface area contributed by atoms with Crippen LogP contribution in [0.5, 0.6) is 0 Å². The van der Waals surface area contributed by atoms with Crippen molar-refractivity contribution in [2.75, 3.05) is 0 Å². The van der Waals surface area contributed by atoms with Crippen LogP contribution in [0.4, 0.5) is 39.5 Å². The van der Waals surface area contributed by atoms with Crippen LogP contribution in [0.2, 0.25) is 0 Å². The zero-order chi connectivity index (χ0) is 32.0. The molecule has 2 heterocycles. The van der Waals surface area contributed by atoms with Gasteiger partial charge in [0.2, 0.25) is 5.91 Å². The van der Waals surface area contributed by atoms with Crippen LogP contribution in [0.3, 0.4) is 0 Å². The van der Waals surface area contributed by atoms with Gasteiger partial charge in [0, 0.05) is 30.7 Å². The Kier molecular flexibility index (Phi) is 8.21. The summed E-state index contributed by atoms with van der Waals surface area (Å²) in [6.07, 6.45) is -5.31. The van der Waals surface area contributed by atoms with Gasteiger partial charge in [-0.2, -0.15) is 13.9 Å². The summed E-state index contributed by atoms with van der Waals surface area (Å²) >= 11 is 0. The van der Waals surface area contributed by atoms with Crippen LogP contribution in [0.25, 0.3) is 11.1 Å². The molecule has 1 aliphatic carbocycles. The molecule has 1 N–H and O–H groups in total. The molecule has 232 valence electrons. The van der Waals surface area contributed by atoms with E-state index in [1.165, 1.54) is 31.3 Å². The van der Waals surface area contributed by atoms with Gasteiger partial charge in [-0.3, -0.25) is 14.5 Å². The molecule has 5 nitrogen and oxygen atoms in total. The van der Waals surface area contributed by atoms with Crippen molar-refractivity contribution < 1.29 is 44.3 Å². The van der Waals surface area contributed by atoms with Crippen LogP contribution in [-0.2, 0) is 29.6 Å². The molecule has 1 aliphatic rings. The topological polar surface area (TPSA) is 59.8 Å². The van der Waals surface area contributed by atoms with E-state index in [-0.39, 0.29) is 27.9 Å². The van der Waals surface area contributed by atoms with Crippen molar-refractivity contribution in [2.24, 2.45) is 0 Å². The normalized spacial score (nSPS) is 16.1. The lowest BCUT2D eigenvalue weighted by molar-refractivity contribution is -0.123. The Morgan fingerprint density at radius 2 is 1.64 bits per heavy atom. The van der Waals surface area contributed by atoms with Gasteiger partial charge in [-0.1, -0.05) is 12.1 Å². The molecule has 1 unspecified atom stereocenters. The lowest BCUT2D eigenvalue weighted by Gasteiger charge is -2.29. The van der Waals surface area contributed by atoms with E-state index < -0.39 is 84.0 Å². The molecule has 14 heteroatoms. The van der Waals surface area contributed by atoms with E-state index in [0.717, 1.165) is 12.1 Å². The van der Waals surface area contributed by atoms with Gasteiger partial charge in [-0.05, 0) is 60.4 Å². The molecule has 1 atom stereocenters. The Morgan fingerprint density at radius 1 is 0.955 bits per heavy atom. The minimum Gasteiger partial charge on any atom is -0.346 e. The van der Waals surface area contributed by atoms with E-state index >= 15 is 0 Å². The maximum absolute atomic E-state index is 14.8. The van der Waals surface area contributed by atoms with Gasteiger partial charge in [0.1, 0.15) is 35.4 Å². The Balaban J connectivity index is 1.55. The zero-order valence-corrected chi connectivity index (χ0v) is 22.8. The summed E-state index contributed by atoms with van der Waals surface area (Å²) in [4.78, 5) is 17.6. The number of fused-ring (bicyclic) bond motifs is 1. The lowest BCUT2D eigenvalue weighted by Crippen LogP contribution is -2.37. The monoisotopic (exact) mass is 626 g/mol. The fourth-order valence-electron chi connectivity index (χ4n) is 5.35. The summed E-state index contributed by atoms with van der Waals surface area (Å²) in [5, 5.41) is 5.79. The van der Waals surface area contributed by atoms with Crippen molar-refractivity contribution in [2.45, 2.75) is 57.0 Å². The number of halogens is 9. The van der Waals surface area contributed by atoms with Crippen LogP contribution < -0.4 is 5.32 Å². The first-order chi connectivity index (χ1) is 20.7.